The van der Waals surface area contributed by atoms with E-state index in [1.54, 1.807) is 13.3 Å². The van der Waals surface area contributed by atoms with Crippen molar-refractivity contribution in [1.82, 2.24) is 10.3 Å². The SMILES string of the molecule is COc1ccc2nccc(C(=O)CC3CCNCC3)c2c1.Cl.Cl. The van der Waals surface area contributed by atoms with Gasteiger partial charge in [0.25, 0.3) is 0 Å². The van der Waals surface area contributed by atoms with E-state index in [1.807, 2.05) is 24.3 Å². The Morgan fingerprint density at radius 3 is 2.70 bits per heavy atom. The van der Waals surface area contributed by atoms with Crippen LogP contribution < -0.4 is 10.1 Å². The van der Waals surface area contributed by atoms with Gasteiger partial charge in [-0.1, -0.05) is 0 Å². The molecule has 1 aliphatic rings. The van der Waals surface area contributed by atoms with Gasteiger partial charge in [0.2, 0.25) is 0 Å². The molecule has 4 nitrogen and oxygen atoms in total. The lowest BCUT2D eigenvalue weighted by Crippen LogP contribution is -2.28. The normalized spacial score (nSPS) is 14.7. The molecule has 1 aromatic heterocycles. The molecule has 0 atom stereocenters. The van der Waals surface area contributed by atoms with Crippen LogP contribution in [0, 0.1) is 5.92 Å². The summed E-state index contributed by atoms with van der Waals surface area (Å²) in [4.78, 5) is 17.0. The number of carbonyl (C=O) groups excluding carboxylic acids is 1. The first-order chi connectivity index (χ1) is 10.3. The van der Waals surface area contributed by atoms with Crippen LogP contribution in [0.15, 0.2) is 30.5 Å². The molecule has 1 aromatic carbocycles. The molecule has 0 radical (unpaired) electrons. The zero-order chi connectivity index (χ0) is 14.7. The Bertz CT molecular complexity index is 658. The molecule has 0 unspecified atom stereocenters. The third kappa shape index (κ3) is 4.56. The lowest BCUT2D eigenvalue weighted by Gasteiger charge is -2.22. The maximum absolute atomic E-state index is 12.6. The molecule has 2 aromatic rings. The van der Waals surface area contributed by atoms with E-state index in [9.17, 15) is 4.79 Å². The molecule has 3 rings (SSSR count). The first-order valence-corrected chi connectivity index (χ1v) is 7.44. The zero-order valence-electron chi connectivity index (χ0n) is 13.1. The van der Waals surface area contributed by atoms with Gasteiger partial charge >= 0.3 is 0 Å². The van der Waals surface area contributed by atoms with Crippen molar-refractivity contribution in [3.05, 3.63) is 36.0 Å². The van der Waals surface area contributed by atoms with Crippen LogP contribution in [0.25, 0.3) is 10.9 Å². The van der Waals surface area contributed by atoms with Gasteiger partial charge in [0.1, 0.15) is 5.75 Å². The average Bonchev–Trinajstić information content (AvgIpc) is 2.54. The minimum absolute atomic E-state index is 0. The number of nitrogens with zero attached hydrogens (tertiary/aromatic N) is 1. The Kier molecular flexibility index (Phi) is 7.76. The highest BCUT2D eigenvalue weighted by Crippen LogP contribution is 2.25. The van der Waals surface area contributed by atoms with E-state index in [4.69, 9.17) is 4.74 Å². The predicted molar refractivity (Wildman–Crippen MR) is 97.3 cm³/mol. The van der Waals surface area contributed by atoms with Crippen LogP contribution in [0.4, 0.5) is 0 Å². The van der Waals surface area contributed by atoms with Gasteiger partial charge in [-0.05, 0) is 56.1 Å². The highest BCUT2D eigenvalue weighted by molar-refractivity contribution is 6.07. The van der Waals surface area contributed by atoms with E-state index >= 15 is 0 Å². The van der Waals surface area contributed by atoms with Crippen molar-refractivity contribution < 1.29 is 9.53 Å². The number of ketones is 1. The van der Waals surface area contributed by atoms with E-state index in [0.29, 0.717) is 12.3 Å². The number of benzene rings is 1. The molecule has 1 N–H and O–H groups in total. The number of nitrogens with one attached hydrogen (secondary N) is 1. The molecule has 0 saturated carbocycles. The number of aromatic nitrogens is 1. The number of methoxy groups -OCH3 is 1. The van der Waals surface area contributed by atoms with Crippen LogP contribution in [-0.4, -0.2) is 31.0 Å². The van der Waals surface area contributed by atoms with Crippen LogP contribution in [-0.2, 0) is 0 Å². The Morgan fingerprint density at radius 2 is 2.00 bits per heavy atom. The van der Waals surface area contributed by atoms with Crippen molar-refractivity contribution in [2.45, 2.75) is 19.3 Å². The van der Waals surface area contributed by atoms with E-state index in [1.165, 1.54) is 0 Å². The maximum Gasteiger partial charge on any atom is 0.163 e. The van der Waals surface area contributed by atoms with Gasteiger partial charge in [-0.15, -0.1) is 24.8 Å². The molecule has 0 amide bonds. The quantitative estimate of drug-likeness (QED) is 0.849. The highest BCUT2D eigenvalue weighted by atomic mass is 35.5. The summed E-state index contributed by atoms with van der Waals surface area (Å²) in [6, 6.07) is 7.50. The second-order valence-electron chi connectivity index (χ2n) is 5.56. The third-order valence-electron chi connectivity index (χ3n) is 4.18. The fraction of sp³-hybridized carbons (Fsp3) is 0.412. The number of piperidine rings is 1. The van der Waals surface area contributed by atoms with Crippen molar-refractivity contribution >= 4 is 41.5 Å². The maximum atomic E-state index is 12.6. The average molecular weight is 357 g/mol. The summed E-state index contributed by atoms with van der Waals surface area (Å²) in [6.07, 6.45) is 4.50. The Balaban J connectivity index is 0.00000132. The van der Waals surface area contributed by atoms with Crippen LogP contribution in [0.5, 0.6) is 5.75 Å². The topological polar surface area (TPSA) is 51.2 Å². The smallest absolute Gasteiger partial charge is 0.163 e. The number of pyridine rings is 1. The lowest BCUT2D eigenvalue weighted by molar-refractivity contribution is 0.0954. The number of rotatable bonds is 4. The van der Waals surface area contributed by atoms with Gasteiger partial charge in [-0.3, -0.25) is 9.78 Å². The fourth-order valence-electron chi connectivity index (χ4n) is 2.95. The van der Waals surface area contributed by atoms with E-state index < -0.39 is 0 Å². The highest BCUT2D eigenvalue weighted by Gasteiger charge is 2.19. The Hall–Kier alpha value is -1.36. The van der Waals surface area contributed by atoms with Gasteiger partial charge in [0.05, 0.1) is 12.6 Å². The molecular formula is C17H22Cl2N2O2. The summed E-state index contributed by atoms with van der Waals surface area (Å²) in [7, 11) is 1.63. The third-order valence-corrected chi connectivity index (χ3v) is 4.18. The first-order valence-electron chi connectivity index (χ1n) is 7.44. The van der Waals surface area contributed by atoms with E-state index in [-0.39, 0.29) is 30.6 Å². The van der Waals surface area contributed by atoms with E-state index in [2.05, 4.69) is 10.3 Å². The van der Waals surface area contributed by atoms with Gasteiger partial charge in [-0.2, -0.15) is 0 Å². The molecule has 1 aliphatic heterocycles. The molecule has 2 heterocycles. The van der Waals surface area contributed by atoms with Crippen molar-refractivity contribution in [1.29, 1.82) is 0 Å². The Labute approximate surface area is 148 Å². The number of Topliss-reactive ketones (excluding diaryl/α,β-unsaturated/α-hetero) is 1. The van der Waals surface area contributed by atoms with Gasteiger partial charge < -0.3 is 10.1 Å². The number of ether oxygens (including phenoxy) is 1. The van der Waals surface area contributed by atoms with Gasteiger partial charge in [0.15, 0.2) is 5.78 Å². The number of fused-ring (bicyclic) bond motifs is 1. The standard InChI is InChI=1S/C17H20N2O2.2ClH/c1-21-13-2-3-16-15(11-13)14(6-9-19-16)17(20)10-12-4-7-18-8-5-12;;/h2-3,6,9,11-12,18H,4-5,7-8,10H2,1H3;2*1H. The molecule has 0 spiro atoms. The lowest BCUT2D eigenvalue weighted by atomic mass is 9.90. The predicted octanol–water partition coefficient (Wildman–Crippen LogP) is 3.66. The molecular weight excluding hydrogens is 335 g/mol. The minimum Gasteiger partial charge on any atom is -0.497 e. The van der Waals surface area contributed by atoms with Crippen LogP contribution in [0.1, 0.15) is 29.6 Å². The van der Waals surface area contributed by atoms with Gasteiger partial charge in [0, 0.05) is 23.6 Å². The van der Waals surface area contributed by atoms with Crippen LogP contribution in [0.2, 0.25) is 0 Å². The molecule has 23 heavy (non-hydrogen) atoms. The minimum atomic E-state index is 0. The monoisotopic (exact) mass is 356 g/mol. The number of hydrogen-bond acceptors (Lipinski definition) is 4. The van der Waals surface area contributed by atoms with Crippen molar-refractivity contribution in [3.63, 3.8) is 0 Å². The number of hydrogen-bond donors (Lipinski definition) is 1. The molecule has 0 aliphatic carbocycles. The van der Waals surface area contributed by atoms with Crippen LogP contribution in [0.3, 0.4) is 0 Å². The fourth-order valence-corrected chi connectivity index (χ4v) is 2.95. The second kappa shape index (κ2) is 9.06. The molecule has 1 fully saturated rings. The molecule has 126 valence electrons. The second-order valence-corrected chi connectivity index (χ2v) is 5.56. The summed E-state index contributed by atoms with van der Waals surface area (Å²) < 4.78 is 5.26. The molecule has 6 heteroatoms. The summed E-state index contributed by atoms with van der Waals surface area (Å²) in [5.41, 5.74) is 1.60. The summed E-state index contributed by atoms with van der Waals surface area (Å²) in [5, 5.41) is 4.22. The van der Waals surface area contributed by atoms with Crippen molar-refractivity contribution in [2.75, 3.05) is 20.2 Å². The first kappa shape index (κ1) is 19.7. The van der Waals surface area contributed by atoms with E-state index in [0.717, 1.165) is 48.1 Å². The summed E-state index contributed by atoms with van der Waals surface area (Å²) in [6.45, 7) is 2.03. The van der Waals surface area contributed by atoms with Gasteiger partial charge in [-0.25, -0.2) is 0 Å². The van der Waals surface area contributed by atoms with Crippen molar-refractivity contribution in [2.24, 2.45) is 5.92 Å². The molecule has 0 bridgehead atoms. The molecule has 1 saturated heterocycles. The Morgan fingerprint density at radius 1 is 1.26 bits per heavy atom. The van der Waals surface area contributed by atoms with Crippen LogP contribution >= 0.6 is 24.8 Å². The largest absolute Gasteiger partial charge is 0.497 e. The summed E-state index contributed by atoms with van der Waals surface area (Å²) in [5.74, 6) is 1.46. The number of halogens is 2. The van der Waals surface area contributed by atoms with Crippen molar-refractivity contribution in [3.8, 4) is 5.75 Å². The number of carbonyl (C=O) groups is 1. The summed E-state index contributed by atoms with van der Waals surface area (Å²) >= 11 is 0. The zero-order valence-corrected chi connectivity index (χ0v) is 14.7.